The van der Waals surface area contributed by atoms with Crippen LogP contribution in [-0.4, -0.2) is 161 Å². The fourth-order valence-electron chi connectivity index (χ4n) is 8.75. The predicted octanol–water partition coefficient (Wildman–Crippen LogP) is 4.60. The molecule has 1 aliphatic rings. The van der Waals surface area contributed by atoms with Crippen molar-refractivity contribution in [2.24, 2.45) is 17.8 Å². The molecule has 1 aliphatic heterocycles. The first-order valence-electron chi connectivity index (χ1n) is 24.0. The number of hydrogen-bond acceptors (Lipinski definition) is 12. The average molecular weight is 983 g/mol. The van der Waals surface area contributed by atoms with E-state index in [1.807, 2.05) is 40.0 Å². The Labute approximate surface area is 413 Å². The molecule has 4 N–H and O–H groups in total. The van der Waals surface area contributed by atoms with Crippen molar-refractivity contribution < 1.29 is 48.1 Å². The van der Waals surface area contributed by atoms with Gasteiger partial charge in [-0.1, -0.05) is 77.8 Å². The van der Waals surface area contributed by atoms with Crippen molar-refractivity contribution in [3.8, 4) is 0 Å². The molecule has 0 unspecified atom stereocenters. The summed E-state index contributed by atoms with van der Waals surface area (Å²) in [7, 11) is 6.21. The number of methoxy groups -OCH3 is 2. The second-order valence-corrected chi connectivity index (χ2v) is 19.7. The van der Waals surface area contributed by atoms with Crippen molar-refractivity contribution in [2.45, 2.75) is 153 Å². The highest BCUT2D eigenvalue weighted by Gasteiger charge is 2.44. The van der Waals surface area contributed by atoms with Gasteiger partial charge in [-0.15, -0.1) is 11.8 Å². The number of benzene rings is 1. The molecule has 1 fully saturated rings. The first kappa shape index (κ1) is 58.2. The van der Waals surface area contributed by atoms with Gasteiger partial charge in [0.25, 0.3) is 5.91 Å². The van der Waals surface area contributed by atoms with Gasteiger partial charge in [0.15, 0.2) is 0 Å². The monoisotopic (exact) mass is 983 g/mol. The van der Waals surface area contributed by atoms with Crippen LogP contribution in [0.5, 0.6) is 0 Å². The maximum Gasteiger partial charge on any atom is 0.326 e. The Bertz CT molecular complexity index is 2010. The van der Waals surface area contributed by atoms with E-state index in [1.54, 1.807) is 75.1 Å². The van der Waals surface area contributed by atoms with Crippen LogP contribution in [-0.2, 0) is 44.7 Å². The molecule has 0 radical (unpaired) electrons. The highest BCUT2D eigenvalue weighted by Crippen LogP contribution is 2.30. The van der Waals surface area contributed by atoms with Crippen molar-refractivity contribution in [1.82, 2.24) is 40.6 Å². The molecule has 0 saturated carbocycles. The third kappa shape index (κ3) is 16.2. The number of carbonyl (C=O) groups excluding carboxylic acids is 6. The molecule has 8 atom stereocenters. The predicted molar refractivity (Wildman–Crippen MR) is 264 cm³/mol. The molecule has 1 aromatic heterocycles. The van der Waals surface area contributed by atoms with Gasteiger partial charge in [0, 0.05) is 54.2 Å². The number of nitrogens with zero attached hydrogens (tertiary/aromatic N) is 5. The van der Waals surface area contributed by atoms with Crippen LogP contribution in [0.1, 0.15) is 116 Å². The molecule has 0 aliphatic carbocycles. The molecule has 18 nitrogen and oxygen atoms in total. The summed E-state index contributed by atoms with van der Waals surface area (Å²) in [5, 5.41) is 19.1. The number of carboxylic acids is 1. The number of unbranched alkanes of at least 4 members (excludes halogenated alkanes) is 2. The summed E-state index contributed by atoms with van der Waals surface area (Å²) in [6, 6.07) is 5.85. The van der Waals surface area contributed by atoms with Gasteiger partial charge in [0.2, 0.25) is 29.5 Å². The van der Waals surface area contributed by atoms with E-state index >= 15 is 0 Å². The van der Waals surface area contributed by atoms with Crippen LogP contribution in [0.4, 0.5) is 0 Å². The van der Waals surface area contributed by atoms with Crippen molar-refractivity contribution in [2.75, 3.05) is 47.7 Å². The lowest BCUT2D eigenvalue weighted by molar-refractivity contribution is -0.150. The summed E-state index contributed by atoms with van der Waals surface area (Å²) in [6.45, 7) is 13.4. The molecule has 69 heavy (non-hydrogen) atoms. The lowest BCUT2D eigenvalue weighted by Crippen LogP contribution is -2.62. The Morgan fingerprint density at radius 3 is 2.19 bits per heavy atom. The van der Waals surface area contributed by atoms with E-state index in [9.17, 15) is 38.7 Å². The number of carboxylic acid groups (broad SMARTS) is 1. The minimum Gasteiger partial charge on any atom is -0.480 e. The number of likely N-dealkylation sites (N-methyl/N-ethyl adjacent to an activating group) is 2. The van der Waals surface area contributed by atoms with E-state index in [-0.39, 0.29) is 60.4 Å². The number of aliphatic carboxylic acids is 1. The van der Waals surface area contributed by atoms with Crippen LogP contribution in [0.2, 0.25) is 0 Å². The molecular weight excluding hydrogens is 905 g/mol. The van der Waals surface area contributed by atoms with E-state index in [4.69, 9.17) is 9.47 Å². The Morgan fingerprint density at radius 1 is 0.942 bits per heavy atom. The first-order chi connectivity index (χ1) is 32.6. The minimum absolute atomic E-state index is 0.0792. The smallest absolute Gasteiger partial charge is 0.326 e. The van der Waals surface area contributed by atoms with Crippen molar-refractivity contribution in [3.63, 3.8) is 0 Å². The normalized spacial score (nSPS) is 16.9. The number of ether oxygens (including phenoxy) is 2. The van der Waals surface area contributed by atoms with Crippen molar-refractivity contribution >= 4 is 53.2 Å². The molecule has 2 aromatic rings. The van der Waals surface area contributed by atoms with Crippen LogP contribution in [0, 0.1) is 17.8 Å². The maximum atomic E-state index is 14.5. The van der Waals surface area contributed by atoms with Crippen molar-refractivity contribution in [1.29, 1.82) is 0 Å². The molecule has 3 rings (SSSR count). The Kier molecular flexibility index (Phi) is 23.5. The van der Waals surface area contributed by atoms with E-state index < -0.39 is 65.6 Å². The number of amides is 6. The van der Waals surface area contributed by atoms with E-state index in [1.165, 1.54) is 37.1 Å². The molecule has 384 valence electrons. The number of aromatic nitrogens is 2. The zero-order valence-corrected chi connectivity index (χ0v) is 43.6. The van der Waals surface area contributed by atoms with Gasteiger partial charge in [-0.3, -0.25) is 28.8 Å². The van der Waals surface area contributed by atoms with Crippen LogP contribution >= 0.6 is 11.8 Å². The van der Waals surface area contributed by atoms with Gasteiger partial charge in [0.1, 0.15) is 28.3 Å². The van der Waals surface area contributed by atoms with Crippen LogP contribution in [0.15, 0.2) is 47.8 Å². The van der Waals surface area contributed by atoms with Crippen molar-refractivity contribution in [3.05, 3.63) is 54.0 Å². The van der Waals surface area contributed by atoms with Gasteiger partial charge in [-0.05, 0) is 63.2 Å². The van der Waals surface area contributed by atoms with Crippen LogP contribution < -0.4 is 16.0 Å². The number of thioether (sulfide) groups is 1. The molecule has 1 saturated heterocycles. The summed E-state index contributed by atoms with van der Waals surface area (Å²) >= 11 is 1.43. The number of likely N-dealkylation sites (tertiary alicyclic amines) is 1. The van der Waals surface area contributed by atoms with Gasteiger partial charge in [-0.2, -0.15) is 0 Å². The van der Waals surface area contributed by atoms with Gasteiger partial charge >= 0.3 is 5.97 Å². The molecule has 2 heterocycles. The largest absolute Gasteiger partial charge is 0.480 e. The Hall–Kier alpha value is -5.14. The van der Waals surface area contributed by atoms with Gasteiger partial charge in [0.05, 0.1) is 49.0 Å². The molecule has 0 bridgehead atoms. The summed E-state index contributed by atoms with van der Waals surface area (Å²) in [5.41, 5.74) is -0.317. The molecule has 0 spiro atoms. The fraction of sp³-hybridized carbons (Fsp3) is 0.660. The molecule has 1 aromatic carbocycles. The van der Waals surface area contributed by atoms with E-state index in [0.717, 1.165) is 10.6 Å². The lowest BCUT2D eigenvalue weighted by atomic mass is 9.89. The maximum absolute atomic E-state index is 14.5. The lowest BCUT2D eigenvalue weighted by Gasteiger charge is -2.41. The first-order valence-corrected chi connectivity index (χ1v) is 25.3. The Balaban J connectivity index is 1.65. The third-order valence-electron chi connectivity index (χ3n) is 13.6. The summed E-state index contributed by atoms with van der Waals surface area (Å²) in [5.74, 6) is -4.60. The number of hydrogen-bond donors (Lipinski definition) is 4. The van der Waals surface area contributed by atoms with Gasteiger partial charge < -0.3 is 45.2 Å². The second-order valence-electron chi connectivity index (χ2n) is 18.9. The second kappa shape index (κ2) is 27.9. The number of carbonyl (C=O) groups is 7. The quantitative estimate of drug-likeness (QED) is 0.0676. The minimum atomic E-state index is -1.31. The SMILES string of the molecule is CC[C@H](C)[C@@H]([C@@H](CC(=O)N1CCC[C@H]1[C@H](OC)[C@@H](C)C(=O)N[C@@H](Cc1ccccc1)C(=O)O)OC)N(C)C(=O)[C@@H](NC(=O)C(C)(C)N(C)C(=O)CCCCCNC(=O)c1cnc(SC)cn1)C(C)C. The highest BCUT2D eigenvalue weighted by atomic mass is 32.2. The van der Waals surface area contributed by atoms with Crippen LogP contribution in [0.25, 0.3) is 0 Å². The van der Waals surface area contributed by atoms with E-state index in [2.05, 4.69) is 25.9 Å². The third-order valence-corrected chi connectivity index (χ3v) is 14.2. The molecule has 19 heteroatoms. The van der Waals surface area contributed by atoms with E-state index in [0.29, 0.717) is 51.6 Å². The molecular formula is C50H78N8O10S. The summed E-state index contributed by atoms with van der Waals surface area (Å²) in [6.07, 6.45) is 7.34. The fourth-order valence-corrected chi connectivity index (χ4v) is 9.07. The van der Waals surface area contributed by atoms with Gasteiger partial charge in [-0.25, -0.2) is 14.8 Å². The molecule has 6 amide bonds. The highest BCUT2D eigenvalue weighted by molar-refractivity contribution is 7.98. The standard InChI is InChI=1S/C50H78N8O10S/c1-13-32(4)43(38(67-10)28-41(60)58-26-20-23-37(58)44(68-11)33(5)45(61)54-35(48(64)65)27-34-21-16-14-17-22-34)56(8)47(63)42(31(2)3)55-49(66)50(6,7)57(9)40(59)24-18-15-19-25-51-46(62)36-29-53-39(69-12)30-52-36/h14,16-17,21-22,29-33,35,37-38,42-44H,13,15,18-20,23-28H2,1-12H3,(H,51,62)(H,54,61)(H,55,66)(H,64,65)/t32-,33+,35-,37-,38+,42-,43-,44+/m0/s1. The Morgan fingerprint density at radius 2 is 1.62 bits per heavy atom. The number of rotatable bonds is 28. The summed E-state index contributed by atoms with van der Waals surface area (Å²) in [4.78, 5) is 107. The zero-order valence-electron chi connectivity index (χ0n) is 42.8. The summed E-state index contributed by atoms with van der Waals surface area (Å²) < 4.78 is 11.9. The zero-order chi connectivity index (χ0) is 51.6. The number of nitrogens with one attached hydrogen (secondary N) is 3. The van der Waals surface area contributed by atoms with Crippen LogP contribution in [0.3, 0.4) is 0 Å². The average Bonchev–Trinajstić information content (AvgIpc) is 3.83. The topological polar surface area (TPSA) is 230 Å².